The van der Waals surface area contributed by atoms with E-state index >= 15 is 0 Å². The van der Waals surface area contributed by atoms with Crippen LogP contribution in [0.2, 0.25) is 0 Å². The summed E-state index contributed by atoms with van der Waals surface area (Å²) in [5, 5.41) is 9.97. The van der Waals surface area contributed by atoms with Crippen molar-refractivity contribution in [1.82, 2.24) is 0 Å². The molecule has 1 saturated heterocycles. The summed E-state index contributed by atoms with van der Waals surface area (Å²) in [6.07, 6.45) is 3.49. The zero-order valence-corrected chi connectivity index (χ0v) is 8.61. The van der Waals surface area contributed by atoms with Crippen LogP contribution in [-0.4, -0.2) is 36.6 Å². The fourth-order valence-corrected chi connectivity index (χ4v) is 3.68. The highest BCUT2D eigenvalue weighted by atomic mass is 16.6. The molecule has 3 aliphatic rings. The van der Waals surface area contributed by atoms with E-state index < -0.39 is 0 Å². The minimum absolute atomic E-state index is 0.170. The second-order valence-corrected chi connectivity index (χ2v) is 5.12. The first-order valence-corrected chi connectivity index (χ1v) is 5.65. The normalized spacial score (nSPS) is 57.0. The molecule has 0 bridgehead atoms. The lowest BCUT2D eigenvalue weighted by molar-refractivity contribution is -0.315. The molecule has 0 amide bonds. The Morgan fingerprint density at radius 3 is 2.93 bits per heavy atom. The van der Waals surface area contributed by atoms with E-state index in [-0.39, 0.29) is 23.7 Å². The quantitative estimate of drug-likeness (QED) is 0.630. The van der Waals surface area contributed by atoms with Crippen molar-refractivity contribution in [2.24, 2.45) is 11.3 Å². The Balaban J connectivity index is 1.85. The zero-order valence-electron chi connectivity index (χ0n) is 8.61. The van der Waals surface area contributed by atoms with Gasteiger partial charge in [-0.3, -0.25) is 0 Å². The number of ether oxygens (including phenoxy) is 2. The zero-order chi connectivity index (χ0) is 9.76. The van der Waals surface area contributed by atoms with Gasteiger partial charge in [0.25, 0.3) is 0 Å². The van der Waals surface area contributed by atoms with Gasteiger partial charge in [0.15, 0.2) is 0 Å². The molecule has 3 fully saturated rings. The summed E-state index contributed by atoms with van der Waals surface area (Å²) in [6, 6.07) is 0. The number of hydrogen-bond donors (Lipinski definition) is 1. The van der Waals surface area contributed by atoms with E-state index in [0.29, 0.717) is 12.5 Å². The van der Waals surface area contributed by atoms with E-state index in [0.717, 1.165) is 19.4 Å². The van der Waals surface area contributed by atoms with Gasteiger partial charge in [0.2, 0.25) is 0 Å². The summed E-state index contributed by atoms with van der Waals surface area (Å²) >= 11 is 0. The third-order valence-electron chi connectivity index (χ3n) is 4.38. The highest BCUT2D eigenvalue weighted by molar-refractivity contribution is 5.13. The molecule has 1 N–H and O–H groups in total. The lowest BCUT2D eigenvalue weighted by Gasteiger charge is -2.63. The van der Waals surface area contributed by atoms with Gasteiger partial charge in [-0.1, -0.05) is 13.3 Å². The molecule has 5 atom stereocenters. The largest absolute Gasteiger partial charge is 0.393 e. The van der Waals surface area contributed by atoms with Gasteiger partial charge in [0.05, 0.1) is 31.5 Å². The van der Waals surface area contributed by atoms with Crippen molar-refractivity contribution in [1.29, 1.82) is 0 Å². The predicted octanol–water partition coefficient (Wildman–Crippen LogP) is 0.951. The van der Waals surface area contributed by atoms with Crippen LogP contribution < -0.4 is 0 Å². The third kappa shape index (κ3) is 0.980. The third-order valence-corrected chi connectivity index (χ3v) is 4.38. The minimum Gasteiger partial charge on any atom is -0.393 e. The molecule has 1 heterocycles. The van der Waals surface area contributed by atoms with Crippen molar-refractivity contribution in [2.45, 2.75) is 44.5 Å². The average Bonchev–Trinajstić information content (AvgIpc) is 2.16. The lowest BCUT2D eigenvalue weighted by atomic mass is 9.50. The van der Waals surface area contributed by atoms with Crippen molar-refractivity contribution < 1.29 is 14.6 Å². The first-order valence-electron chi connectivity index (χ1n) is 5.65. The topological polar surface area (TPSA) is 38.7 Å². The molecule has 0 radical (unpaired) electrons. The van der Waals surface area contributed by atoms with E-state index in [1.807, 2.05) is 0 Å². The van der Waals surface area contributed by atoms with E-state index in [9.17, 15) is 5.11 Å². The first kappa shape index (κ1) is 9.13. The Morgan fingerprint density at radius 1 is 1.29 bits per heavy atom. The van der Waals surface area contributed by atoms with Crippen LogP contribution in [0.15, 0.2) is 0 Å². The smallest absolute Gasteiger partial charge is 0.0902 e. The summed E-state index contributed by atoms with van der Waals surface area (Å²) in [4.78, 5) is 0. The molecule has 14 heavy (non-hydrogen) atoms. The molecular weight excluding hydrogens is 180 g/mol. The van der Waals surface area contributed by atoms with Crippen molar-refractivity contribution in [2.75, 3.05) is 13.2 Å². The maximum Gasteiger partial charge on any atom is 0.0902 e. The molecule has 0 aromatic heterocycles. The summed E-state index contributed by atoms with van der Waals surface area (Å²) in [7, 11) is 0. The van der Waals surface area contributed by atoms with Gasteiger partial charge in [-0.2, -0.15) is 0 Å². The monoisotopic (exact) mass is 198 g/mol. The molecule has 80 valence electrons. The van der Waals surface area contributed by atoms with Gasteiger partial charge in [0, 0.05) is 11.3 Å². The molecule has 0 unspecified atom stereocenters. The summed E-state index contributed by atoms with van der Waals surface area (Å²) in [6.45, 7) is 3.66. The number of fused-ring (bicyclic) bond motifs is 4. The van der Waals surface area contributed by atoms with Gasteiger partial charge in [-0.15, -0.1) is 0 Å². The number of hydrogen-bond acceptors (Lipinski definition) is 3. The van der Waals surface area contributed by atoms with Gasteiger partial charge in [-0.05, 0) is 12.8 Å². The molecule has 2 saturated carbocycles. The molecule has 2 aliphatic carbocycles. The maximum atomic E-state index is 9.97. The summed E-state index contributed by atoms with van der Waals surface area (Å²) in [5.41, 5.74) is 0.183. The fraction of sp³-hybridized carbons (Fsp3) is 1.00. The van der Waals surface area contributed by atoms with Crippen LogP contribution in [0.1, 0.15) is 26.2 Å². The van der Waals surface area contributed by atoms with Crippen LogP contribution >= 0.6 is 0 Å². The second-order valence-electron chi connectivity index (χ2n) is 5.12. The van der Waals surface area contributed by atoms with Crippen LogP contribution in [0.4, 0.5) is 0 Å². The van der Waals surface area contributed by atoms with Crippen LogP contribution in [0.3, 0.4) is 0 Å². The highest BCUT2D eigenvalue weighted by Crippen LogP contribution is 2.58. The molecule has 3 heteroatoms. The van der Waals surface area contributed by atoms with Gasteiger partial charge in [0.1, 0.15) is 0 Å². The van der Waals surface area contributed by atoms with Crippen LogP contribution in [0.25, 0.3) is 0 Å². The molecule has 0 aromatic rings. The van der Waals surface area contributed by atoms with Gasteiger partial charge in [-0.25, -0.2) is 0 Å². The summed E-state index contributed by atoms with van der Waals surface area (Å²) in [5.74, 6) is 0.321. The Labute approximate surface area is 84.4 Å². The molecule has 0 spiro atoms. The molecule has 1 aliphatic heterocycles. The molecule has 3 nitrogen and oxygen atoms in total. The Bertz CT molecular complexity index is 243. The van der Waals surface area contributed by atoms with Crippen LogP contribution in [0.5, 0.6) is 0 Å². The van der Waals surface area contributed by atoms with Crippen LogP contribution in [0, 0.1) is 11.3 Å². The lowest BCUT2D eigenvalue weighted by Crippen LogP contribution is -2.71. The summed E-state index contributed by atoms with van der Waals surface area (Å²) < 4.78 is 11.5. The van der Waals surface area contributed by atoms with Crippen molar-refractivity contribution in [3.05, 3.63) is 0 Å². The number of aliphatic hydroxyl groups is 1. The fourth-order valence-electron chi connectivity index (χ4n) is 3.68. The average molecular weight is 198 g/mol. The van der Waals surface area contributed by atoms with Crippen molar-refractivity contribution in [3.8, 4) is 0 Å². The minimum atomic E-state index is -0.170. The van der Waals surface area contributed by atoms with E-state index in [1.54, 1.807) is 0 Å². The second kappa shape index (κ2) is 2.94. The maximum absolute atomic E-state index is 9.97. The molecule has 0 aromatic carbocycles. The highest BCUT2D eigenvalue weighted by Gasteiger charge is 2.64. The number of rotatable bonds is 0. The SMILES string of the molecule is C[C@@]12CCC[C@H](O)[C@@H]1[C@H]1OCCO[C@H]12. The van der Waals surface area contributed by atoms with E-state index in [1.165, 1.54) is 6.42 Å². The Morgan fingerprint density at radius 2 is 2.07 bits per heavy atom. The van der Waals surface area contributed by atoms with Crippen LogP contribution in [-0.2, 0) is 9.47 Å². The Kier molecular flexibility index (Phi) is 1.92. The van der Waals surface area contributed by atoms with Gasteiger partial charge >= 0.3 is 0 Å². The van der Waals surface area contributed by atoms with Crippen molar-refractivity contribution in [3.63, 3.8) is 0 Å². The number of aliphatic hydroxyl groups excluding tert-OH is 1. The van der Waals surface area contributed by atoms with E-state index in [4.69, 9.17) is 9.47 Å². The molecule has 3 rings (SSSR count). The van der Waals surface area contributed by atoms with Gasteiger partial charge < -0.3 is 14.6 Å². The Hall–Kier alpha value is -0.120. The molecular formula is C11H18O3. The standard InChI is InChI=1S/C11H18O3/c1-11-4-2-3-7(12)8(11)9-10(11)14-6-5-13-9/h7-10,12H,2-6H2,1H3/t7-,8+,9+,10+,11+/m0/s1. The van der Waals surface area contributed by atoms with E-state index in [2.05, 4.69) is 6.92 Å². The predicted molar refractivity (Wildman–Crippen MR) is 50.9 cm³/mol. The van der Waals surface area contributed by atoms with Crippen molar-refractivity contribution >= 4 is 0 Å². The first-order chi connectivity index (χ1) is 6.73.